The Labute approximate surface area is 102 Å². The summed E-state index contributed by atoms with van der Waals surface area (Å²) in [6.07, 6.45) is 1.74. The lowest BCUT2D eigenvalue weighted by molar-refractivity contribution is 0.0691. The first-order valence-electron chi connectivity index (χ1n) is 5.38. The second-order valence-electron chi connectivity index (χ2n) is 3.99. The van der Waals surface area contributed by atoms with Crippen molar-refractivity contribution in [3.8, 4) is 17.0 Å². The fourth-order valence-electron chi connectivity index (χ4n) is 2.04. The van der Waals surface area contributed by atoms with E-state index in [2.05, 4.69) is 9.97 Å². The van der Waals surface area contributed by atoms with Crippen molar-refractivity contribution >= 4 is 16.9 Å². The summed E-state index contributed by atoms with van der Waals surface area (Å²) in [6, 6.07) is 8.42. The smallest absolute Gasteiger partial charge is 0.352 e. The maximum atomic E-state index is 10.8. The first kappa shape index (κ1) is 10.5. The van der Waals surface area contributed by atoms with Crippen LogP contribution < -0.4 is 0 Å². The molecule has 0 atom stereocenters. The minimum atomic E-state index is -0.996. The molecule has 3 rings (SSSR count). The number of fused-ring (bicyclic) bond motifs is 1. The number of carboxylic acid groups (broad SMARTS) is 1. The summed E-state index contributed by atoms with van der Waals surface area (Å²) in [5, 5.41) is 19.4. The number of carboxylic acids is 1. The molecule has 1 aromatic carbocycles. The van der Waals surface area contributed by atoms with Gasteiger partial charge in [-0.3, -0.25) is 0 Å². The number of benzene rings is 1. The molecule has 2 heterocycles. The average molecular weight is 242 g/mol. The van der Waals surface area contributed by atoms with Gasteiger partial charge in [-0.15, -0.1) is 0 Å². The molecule has 5 nitrogen and oxygen atoms in total. The molecule has 3 aromatic rings. The van der Waals surface area contributed by atoms with Crippen LogP contribution in [0.5, 0.6) is 5.75 Å². The van der Waals surface area contributed by atoms with E-state index in [1.54, 1.807) is 24.4 Å². The van der Waals surface area contributed by atoms with Gasteiger partial charge in [-0.05, 0) is 18.2 Å². The summed E-state index contributed by atoms with van der Waals surface area (Å²) in [7, 11) is 0. The van der Waals surface area contributed by atoms with E-state index < -0.39 is 5.97 Å². The van der Waals surface area contributed by atoms with E-state index in [4.69, 9.17) is 5.11 Å². The van der Waals surface area contributed by atoms with E-state index in [0.717, 1.165) is 10.9 Å². The summed E-state index contributed by atoms with van der Waals surface area (Å²) in [4.78, 5) is 16.6. The van der Waals surface area contributed by atoms with Gasteiger partial charge in [-0.1, -0.05) is 12.1 Å². The molecular formula is C13H10N2O3. The maximum Gasteiger partial charge on any atom is 0.352 e. The lowest BCUT2D eigenvalue weighted by Crippen LogP contribution is -1.95. The number of hydrogen-bond donors (Lipinski definition) is 4. The summed E-state index contributed by atoms with van der Waals surface area (Å²) in [5.41, 5.74) is 2.30. The molecule has 0 aliphatic rings. The van der Waals surface area contributed by atoms with Crippen molar-refractivity contribution in [1.29, 1.82) is 0 Å². The highest BCUT2D eigenvalue weighted by atomic mass is 16.4. The highest BCUT2D eigenvalue weighted by Gasteiger charge is 2.12. The fourth-order valence-corrected chi connectivity index (χ4v) is 2.04. The Morgan fingerprint density at radius 3 is 2.72 bits per heavy atom. The molecule has 0 aliphatic carbocycles. The number of hydrogen-bond acceptors (Lipinski definition) is 2. The number of para-hydroxylation sites is 1. The van der Waals surface area contributed by atoms with Gasteiger partial charge in [0.25, 0.3) is 0 Å². The fraction of sp³-hybridized carbons (Fsp3) is 0. The Morgan fingerprint density at radius 2 is 2.00 bits per heavy atom. The van der Waals surface area contributed by atoms with Gasteiger partial charge in [-0.2, -0.15) is 0 Å². The van der Waals surface area contributed by atoms with Gasteiger partial charge in [0, 0.05) is 22.8 Å². The topological polar surface area (TPSA) is 89.1 Å². The van der Waals surface area contributed by atoms with E-state index in [9.17, 15) is 9.90 Å². The van der Waals surface area contributed by atoms with Crippen LogP contribution in [0, 0.1) is 0 Å². The first-order valence-corrected chi connectivity index (χ1v) is 5.38. The lowest BCUT2D eigenvalue weighted by Gasteiger charge is -1.97. The van der Waals surface area contributed by atoms with Gasteiger partial charge >= 0.3 is 5.97 Å². The van der Waals surface area contributed by atoms with Crippen molar-refractivity contribution in [2.24, 2.45) is 0 Å². The van der Waals surface area contributed by atoms with Crippen LogP contribution in [0.4, 0.5) is 0 Å². The van der Waals surface area contributed by atoms with Gasteiger partial charge in [0.15, 0.2) is 0 Å². The van der Waals surface area contributed by atoms with Crippen molar-refractivity contribution in [2.45, 2.75) is 0 Å². The molecule has 5 heteroatoms. The number of phenolic OH excluding ortho intramolecular Hbond substituents is 1. The SMILES string of the molecule is O=C(O)c1ccc(-c2c[nH]c3c(O)cccc23)[nH]1. The zero-order valence-electron chi connectivity index (χ0n) is 9.27. The van der Waals surface area contributed by atoms with Crippen LogP contribution in [0.3, 0.4) is 0 Å². The summed E-state index contributed by atoms with van der Waals surface area (Å²) >= 11 is 0. The Morgan fingerprint density at radius 1 is 1.17 bits per heavy atom. The number of aromatic carboxylic acids is 1. The predicted octanol–water partition coefficient (Wildman–Crippen LogP) is 2.57. The van der Waals surface area contributed by atoms with Crippen LogP contribution in [0.1, 0.15) is 10.5 Å². The number of aromatic amines is 2. The molecule has 0 saturated heterocycles. The van der Waals surface area contributed by atoms with E-state index >= 15 is 0 Å². The summed E-state index contributed by atoms with van der Waals surface area (Å²) < 4.78 is 0. The zero-order valence-corrected chi connectivity index (χ0v) is 9.27. The third-order valence-electron chi connectivity index (χ3n) is 2.90. The van der Waals surface area contributed by atoms with E-state index in [1.165, 1.54) is 6.07 Å². The van der Waals surface area contributed by atoms with Gasteiger partial charge in [0.2, 0.25) is 0 Å². The normalized spacial score (nSPS) is 10.9. The second-order valence-corrected chi connectivity index (χ2v) is 3.99. The predicted molar refractivity (Wildman–Crippen MR) is 66.7 cm³/mol. The largest absolute Gasteiger partial charge is 0.506 e. The monoisotopic (exact) mass is 242 g/mol. The van der Waals surface area contributed by atoms with Crippen LogP contribution in [0.25, 0.3) is 22.2 Å². The van der Waals surface area contributed by atoms with Crippen LogP contribution in [-0.2, 0) is 0 Å². The Kier molecular flexibility index (Phi) is 2.13. The molecule has 90 valence electrons. The number of aromatic hydroxyl groups is 1. The minimum absolute atomic E-state index is 0.138. The van der Waals surface area contributed by atoms with Crippen LogP contribution in [0.2, 0.25) is 0 Å². The van der Waals surface area contributed by atoms with Crippen molar-refractivity contribution in [3.63, 3.8) is 0 Å². The van der Waals surface area contributed by atoms with Crippen LogP contribution in [0.15, 0.2) is 36.5 Å². The molecule has 0 saturated carbocycles. The van der Waals surface area contributed by atoms with E-state index in [1.807, 2.05) is 6.07 Å². The van der Waals surface area contributed by atoms with Crippen molar-refractivity contribution in [1.82, 2.24) is 9.97 Å². The number of nitrogens with one attached hydrogen (secondary N) is 2. The second kappa shape index (κ2) is 3.66. The molecule has 0 radical (unpaired) electrons. The van der Waals surface area contributed by atoms with Crippen molar-refractivity contribution in [2.75, 3.05) is 0 Å². The maximum absolute atomic E-state index is 10.8. The Balaban J connectivity index is 2.19. The Hall–Kier alpha value is -2.69. The number of rotatable bonds is 2. The third-order valence-corrected chi connectivity index (χ3v) is 2.90. The number of phenols is 1. The highest BCUT2D eigenvalue weighted by Crippen LogP contribution is 2.32. The number of carbonyl (C=O) groups is 1. The molecule has 18 heavy (non-hydrogen) atoms. The highest BCUT2D eigenvalue weighted by molar-refractivity contribution is 5.98. The lowest BCUT2D eigenvalue weighted by atomic mass is 10.1. The van der Waals surface area contributed by atoms with Gasteiger partial charge in [-0.25, -0.2) is 4.79 Å². The van der Waals surface area contributed by atoms with Crippen LogP contribution in [-0.4, -0.2) is 26.2 Å². The Bertz CT molecular complexity index is 740. The molecule has 4 N–H and O–H groups in total. The molecule has 2 aromatic heterocycles. The molecule has 0 bridgehead atoms. The molecule has 0 fully saturated rings. The zero-order chi connectivity index (χ0) is 12.7. The molecule has 0 amide bonds. The van der Waals surface area contributed by atoms with E-state index in [-0.39, 0.29) is 11.4 Å². The first-order chi connectivity index (χ1) is 8.66. The average Bonchev–Trinajstić information content (AvgIpc) is 2.94. The minimum Gasteiger partial charge on any atom is -0.506 e. The van der Waals surface area contributed by atoms with E-state index in [0.29, 0.717) is 11.2 Å². The number of H-pyrrole nitrogens is 2. The van der Waals surface area contributed by atoms with Crippen molar-refractivity contribution < 1.29 is 15.0 Å². The molecular weight excluding hydrogens is 232 g/mol. The van der Waals surface area contributed by atoms with Gasteiger partial charge in [0.1, 0.15) is 11.4 Å². The molecule has 0 unspecified atom stereocenters. The van der Waals surface area contributed by atoms with Crippen molar-refractivity contribution in [3.05, 3.63) is 42.2 Å². The summed E-state index contributed by atoms with van der Waals surface area (Å²) in [5.74, 6) is -0.826. The summed E-state index contributed by atoms with van der Waals surface area (Å²) in [6.45, 7) is 0. The molecule has 0 aliphatic heterocycles. The molecule has 0 spiro atoms. The quantitative estimate of drug-likeness (QED) is 0.556. The van der Waals surface area contributed by atoms with Crippen LogP contribution >= 0.6 is 0 Å². The standard InChI is InChI=1S/C13H10N2O3/c16-11-3-1-2-7-8(6-14-12(7)11)9-4-5-10(15-9)13(17)18/h1-6,14-16H,(H,17,18). The van der Waals surface area contributed by atoms with Gasteiger partial charge < -0.3 is 20.2 Å². The third kappa shape index (κ3) is 1.45. The number of aromatic nitrogens is 2. The van der Waals surface area contributed by atoms with Gasteiger partial charge in [0.05, 0.1) is 5.52 Å².